The highest BCUT2D eigenvalue weighted by Crippen LogP contribution is 2.20. The number of hydrogen-bond acceptors (Lipinski definition) is 1. The molecule has 0 aliphatic rings. The molecule has 2 heteroatoms. The second-order valence-electron chi connectivity index (χ2n) is 2.50. The standard InChI is InChI=1S/C10H9ClO/c1-3-9(12)8-6-4-5-7(2)10(8)11/h3-6H,1H2,2H3. The molecular weight excluding hydrogens is 172 g/mol. The van der Waals surface area contributed by atoms with Crippen LogP contribution >= 0.6 is 11.6 Å². The summed E-state index contributed by atoms with van der Waals surface area (Å²) in [5.41, 5.74) is 1.43. The molecule has 0 atom stereocenters. The van der Waals surface area contributed by atoms with E-state index in [1.165, 1.54) is 6.08 Å². The second-order valence-corrected chi connectivity index (χ2v) is 2.88. The first-order valence-corrected chi connectivity index (χ1v) is 3.96. The van der Waals surface area contributed by atoms with Crippen molar-refractivity contribution in [3.63, 3.8) is 0 Å². The van der Waals surface area contributed by atoms with Crippen LogP contribution in [0.15, 0.2) is 30.9 Å². The van der Waals surface area contributed by atoms with Crippen molar-refractivity contribution in [1.29, 1.82) is 0 Å². The number of aryl methyl sites for hydroxylation is 1. The molecule has 0 bridgehead atoms. The Kier molecular flexibility index (Phi) is 2.66. The van der Waals surface area contributed by atoms with E-state index in [0.29, 0.717) is 10.6 Å². The lowest BCUT2D eigenvalue weighted by Crippen LogP contribution is -1.95. The van der Waals surface area contributed by atoms with Crippen molar-refractivity contribution >= 4 is 17.4 Å². The molecule has 62 valence electrons. The average Bonchev–Trinajstić information content (AvgIpc) is 2.08. The minimum atomic E-state index is -0.135. The van der Waals surface area contributed by atoms with Crippen molar-refractivity contribution in [2.24, 2.45) is 0 Å². The lowest BCUT2D eigenvalue weighted by Gasteiger charge is -2.01. The van der Waals surface area contributed by atoms with Crippen molar-refractivity contribution in [2.45, 2.75) is 6.92 Å². The van der Waals surface area contributed by atoms with E-state index >= 15 is 0 Å². The van der Waals surface area contributed by atoms with Gasteiger partial charge in [-0.3, -0.25) is 4.79 Å². The zero-order chi connectivity index (χ0) is 9.14. The highest BCUT2D eigenvalue weighted by Gasteiger charge is 2.07. The van der Waals surface area contributed by atoms with Crippen molar-refractivity contribution in [2.75, 3.05) is 0 Å². The Bertz CT molecular complexity index is 329. The Morgan fingerprint density at radius 3 is 2.83 bits per heavy atom. The SMILES string of the molecule is C=CC(=O)c1cccc(C)c1Cl. The molecule has 0 N–H and O–H groups in total. The maximum atomic E-state index is 11.2. The molecule has 1 rings (SSSR count). The van der Waals surface area contributed by atoms with Crippen LogP contribution in [0.2, 0.25) is 5.02 Å². The average molecular weight is 181 g/mol. The van der Waals surface area contributed by atoms with Crippen LogP contribution in [0.1, 0.15) is 15.9 Å². The fourth-order valence-electron chi connectivity index (χ4n) is 0.948. The number of carbonyl (C=O) groups excluding carboxylic acids is 1. The molecule has 0 saturated heterocycles. The van der Waals surface area contributed by atoms with E-state index in [-0.39, 0.29) is 5.78 Å². The Balaban J connectivity index is 3.25. The first-order chi connectivity index (χ1) is 5.66. The normalized spacial score (nSPS) is 9.50. The van der Waals surface area contributed by atoms with Crippen molar-refractivity contribution in [1.82, 2.24) is 0 Å². The summed E-state index contributed by atoms with van der Waals surface area (Å²) < 4.78 is 0. The Morgan fingerprint density at radius 2 is 2.25 bits per heavy atom. The maximum absolute atomic E-state index is 11.2. The number of benzene rings is 1. The molecule has 0 unspecified atom stereocenters. The van der Waals surface area contributed by atoms with Gasteiger partial charge in [0.2, 0.25) is 0 Å². The molecule has 0 saturated carbocycles. The third-order valence-corrected chi connectivity index (χ3v) is 2.14. The molecule has 0 heterocycles. The van der Waals surface area contributed by atoms with Gasteiger partial charge in [-0.15, -0.1) is 0 Å². The molecule has 0 aliphatic carbocycles. The minimum Gasteiger partial charge on any atom is -0.289 e. The van der Waals surface area contributed by atoms with E-state index in [1.807, 2.05) is 13.0 Å². The molecule has 12 heavy (non-hydrogen) atoms. The van der Waals surface area contributed by atoms with Gasteiger partial charge in [0.25, 0.3) is 0 Å². The topological polar surface area (TPSA) is 17.1 Å². The number of ketones is 1. The van der Waals surface area contributed by atoms with E-state index in [9.17, 15) is 4.79 Å². The first kappa shape index (κ1) is 9.01. The van der Waals surface area contributed by atoms with Gasteiger partial charge in [0, 0.05) is 5.56 Å². The maximum Gasteiger partial charge on any atom is 0.186 e. The number of hydrogen-bond donors (Lipinski definition) is 0. The molecule has 0 radical (unpaired) electrons. The van der Waals surface area contributed by atoms with Crippen molar-refractivity contribution in [3.05, 3.63) is 47.0 Å². The van der Waals surface area contributed by atoms with Gasteiger partial charge in [-0.1, -0.05) is 30.3 Å². The molecule has 0 amide bonds. The van der Waals surface area contributed by atoms with Crippen LogP contribution in [0.4, 0.5) is 0 Å². The monoisotopic (exact) mass is 180 g/mol. The first-order valence-electron chi connectivity index (χ1n) is 3.58. The van der Waals surface area contributed by atoms with Crippen molar-refractivity contribution < 1.29 is 4.79 Å². The van der Waals surface area contributed by atoms with Crippen LogP contribution in [0.25, 0.3) is 0 Å². The molecule has 0 aliphatic heterocycles. The summed E-state index contributed by atoms with van der Waals surface area (Å²) in [6.45, 7) is 5.26. The number of allylic oxidation sites excluding steroid dienone is 1. The number of halogens is 1. The number of carbonyl (C=O) groups is 1. The summed E-state index contributed by atoms with van der Waals surface area (Å²) in [4.78, 5) is 11.2. The summed E-state index contributed by atoms with van der Waals surface area (Å²) in [7, 11) is 0. The van der Waals surface area contributed by atoms with Crippen LogP contribution in [0.3, 0.4) is 0 Å². The second kappa shape index (κ2) is 3.55. The van der Waals surface area contributed by atoms with Crippen molar-refractivity contribution in [3.8, 4) is 0 Å². The molecule has 0 fully saturated rings. The zero-order valence-corrected chi connectivity index (χ0v) is 7.56. The quantitative estimate of drug-likeness (QED) is 0.505. The predicted molar refractivity (Wildman–Crippen MR) is 50.7 cm³/mol. The van der Waals surface area contributed by atoms with E-state index in [1.54, 1.807) is 12.1 Å². The minimum absolute atomic E-state index is 0.135. The summed E-state index contributed by atoms with van der Waals surface area (Å²) in [6, 6.07) is 5.36. The van der Waals surface area contributed by atoms with E-state index in [4.69, 9.17) is 11.6 Å². The molecule has 0 spiro atoms. The Hall–Kier alpha value is -1.08. The molecule has 1 aromatic carbocycles. The zero-order valence-electron chi connectivity index (χ0n) is 6.80. The third-order valence-electron chi connectivity index (χ3n) is 1.64. The fourth-order valence-corrected chi connectivity index (χ4v) is 1.17. The van der Waals surface area contributed by atoms with E-state index in [2.05, 4.69) is 6.58 Å². The lowest BCUT2D eigenvalue weighted by atomic mass is 10.1. The van der Waals surface area contributed by atoms with Crippen LogP contribution in [-0.2, 0) is 0 Å². The van der Waals surface area contributed by atoms with Gasteiger partial charge in [0.15, 0.2) is 5.78 Å². The van der Waals surface area contributed by atoms with E-state index < -0.39 is 0 Å². The fraction of sp³-hybridized carbons (Fsp3) is 0.100. The predicted octanol–water partition coefficient (Wildman–Crippen LogP) is 3.02. The van der Waals surface area contributed by atoms with Crippen LogP contribution in [0, 0.1) is 6.92 Å². The van der Waals surface area contributed by atoms with Crippen LogP contribution in [-0.4, -0.2) is 5.78 Å². The van der Waals surface area contributed by atoms with Gasteiger partial charge in [0.1, 0.15) is 0 Å². The van der Waals surface area contributed by atoms with Gasteiger partial charge >= 0.3 is 0 Å². The smallest absolute Gasteiger partial charge is 0.186 e. The molecular formula is C10H9ClO. The van der Waals surface area contributed by atoms with Crippen LogP contribution in [0.5, 0.6) is 0 Å². The molecule has 1 aromatic rings. The van der Waals surface area contributed by atoms with E-state index in [0.717, 1.165) is 5.56 Å². The van der Waals surface area contributed by atoms with Gasteiger partial charge in [-0.25, -0.2) is 0 Å². The number of rotatable bonds is 2. The summed E-state index contributed by atoms with van der Waals surface area (Å²) in [5, 5.41) is 0.516. The van der Waals surface area contributed by atoms with Crippen LogP contribution < -0.4 is 0 Å². The highest BCUT2D eigenvalue weighted by molar-refractivity contribution is 6.35. The molecule has 0 aromatic heterocycles. The third kappa shape index (κ3) is 1.56. The summed E-state index contributed by atoms with van der Waals surface area (Å²) in [5.74, 6) is -0.135. The Morgan fingerprint density at radius 1 is 1.58 bits per heavy atom. The molecule has 1 nitrogen and oxygen atoms in total. The van der Waals surface area contributed by atoms with Gasteiger partial charge < -0.3 is 0 Å². The lowest BCUT2D eigenvalue weighted by molar-refractivity contribution is 0.104. The largest absolute Gasteiger partial charge is 0.289 e. The Labute approximate surface area is 76.7 Å². The van der Waals surface area contributed by atoms with Gasteiger partial charge in [-0.05, 0) is 24.6 Å². The highest BCUT2D eigenvalue weighted by atomic mass is 35.5. The summed E-state index contributed by atoms with van der Waals surface area (Å²) >= 11 is 5.90. The summed E-state index contributed by atoms with van der Waals surface area (Å²) in [6.07, 6.45) is 1.26. The van der Waals surface area contributed by atoms with Gasteiger partial charge in [0.05, 0.1) is 5.02 Å². The van der Waals surface area contributed by atoms with Gasteiger partial charge in [-0.2, -0.15) is 0 Å².